The number of pyridine rings is 1. The molecule has 2 heterocycles. The summed E-state index contributed by atoms with van der Waals surface area (Å²) in [6, 6.07) is 7.12. The summed E-state index contributed by atoms with van der Waals surface area (Å²) < 4.78 is 96.3. The lowest BCUT2D eigenvalue weighted by Crippen LogP contribution is -2.58. The molecule has 0 saturated carbocycles. The van der Waals surface area contributed by atoms with Gasteiger partial charge in [-0.1, -0.05) is 36.5 Å². The average molecular weight is 617 g/mol. The predicted molar refractivity (Wildman–Crippen MR) is 148 cm³/mol. The van der Waals surface area contributed by atoms with E-state index in [1.54, 1.807) is 17.1 Å². The number of nitrogens with one attached hydrogen (secondary N) is 1. The third-order valence-electron chi connectivity index (χ3n) is 6.79. The van der Waals surface area contributed by atoms with Crippen LogP contribution in [0.2, 0.25) is 0 Å². The fourth-order valence-electron chi connectivity index (χ4n) is 4.39. The largest absolute Gasteiger partial charge is 0.421 e. The monoisotopic (exact) mass is 616 g/mol. The Morgan fingerprint density at radius 2 is 1.82 bits per heavy atom. The molecule has 2 atom stereocenters. The van der Waals surface area contributed by atoms with Gasteiger partial charge in [0.2, 0.25) is 20.0 Å². The van der Waals surface area contributed by atoms with Crippen molar-refractivity contribution < 1.29 is 35.1 Å². The summed E-state index contributed by atoms with van der Waals surface area (Å²) in [6.45, 7) is 0.461. The average Bonchev–Trinajstić information content (AvgIpc) is 2.92. The van der Waals surface area contributed by atoms with E-state index in [-0.39, 0.29) is 46.4 Å². The molecule has 15 heteroatoms. The SMILES string of the molecule is CC(O)(c1ccc(N2CCN(S(=O)(=O)C3=CC=CCC3=S)C[C@@H]2CNS(=O)(=O)c2cccnc2)cc1)C(F)(F)F. The Bertz CT molecular complexity index is 1530. The molecule has 0 bridgehead atoms. The summed E-state index contributed by atoms with van der Waals surface area (Å²) >= 11 is 5.26. The molecule has 1 aromatic heterocycles. The number of hydrogen-bond acceptors (Lipinski definition) is 8. The van der Waals surface area contributed by atoms with Gasteiger partial charge in [0, 0.05) is 55.5 Å². The maximum atomic E-state index is 13.4. The van der Waals surface area contributed by atoms with Crippen LogP contribution in [0.3, 0.4) is 0 Å². The zero-order chi connectivity index (χ0) is 29.3. The highest BCUT2D eigenvalue weighted by atomic mass is 32.2. The number of allylic oxidation sites excluding steroid dienone is 4. The summed E-state index contributed by atoms with van der Waals surface area (Å²) in [6.07, 6.45) is 2.79. The van der Waals surface area contributed by atoms with E-state index in [1.807, 2.05) is 0 Å². The molecule has 1 aliphatic carbocycles. The van der Waals surface area contributed by atoms with Crippen LogP contribution in [-0.4, -0.2) is 74.5 Å². The normalized spacial score (nSPS) is 20.7. The molecule has 1 saturated heterocycles. The van der Waals surface area contributed by atoms with Gasteiger partial charge in [-0.25, -0.2) is 21.6 Å². The Hall–Kier alpha value is -2.69. The number of anilines is 1. The summed E-state index contributed by atoms with van der Waals surface area (Å²) in [5.41, 5.74) is -3.01. The van der Waals surface area contributed by atoms with Gasteiger partial charge in [-0.3, -0.25) is 4.98 Å². The first-order valence-electron chi connectivity index (χ1n) is 12.1. The molecule has 1 unspecified atom stereocenters. The van der Waals surface area contributed by atoms with Crippen molar-refractivity contribution >= 4 is 42.8 Å². The number of halogens is 3. The van der Waals surface area contributed by atoms with Crippen LogP contribution in [0.15, 0.2) is 76.8 Å². The van der Waals surface area contributed by atoms with Crippen molar-refractivity contribution in [3.63, 3.8) is 0 Å². The Balaban J connectivity index is 1.63. The number of rotatable bonds is 8. The Labute approximate surface area is 236 Å². The van der Waals surface area contributed by atoms with Gasteiger partial charge in [-0.2, -0.15) is 17.5 Å². The first kappa shape index (κ1) is 30.3. The van der Waals surface area contributed by atoms with Crippen LogP contribution in [0.4, 0.5) is 18.9 Å². The minimum atomic E-state index is -4.90. The van der Waals surface area contributed by atoms with E-state index in [2.05, 4.69) is 9.71 Å². The molecule has 9 nitrogen and oxygen atoms in total. The van der Waals surface area contributed by atoms with Gasteiger partial charge >= 0.3 is 6.18 Å². The predicted octanol–water partition coefficient (Wildman–Crippen LogP) is 2.86. The second-order valence-electron chi connectivity index (χ2n) is 9.45. The molecule has 40 heavy (non-hydrogen) atoms. The highest BCUT2D eigenvalue weighted by molar-refractivity contribution is 7.96. The summed E-state index contributed by atoms with van der Waals surface area (Å²) in [5, 5.41) is 10.0. The number of benzene rings is 1. The van der Waals surface area contributed by atoms with E-state index in [0.717, 1.165) is 12.1 Å². The third kappa shape index (κ3) is 6.14. The fourth-order valence-corrected chi connectivity index (χ4v) is 7.50. The van der Waals surface area contributed by atoms with Gasteiger partial charge < -0.3 is 10.0 Å². The lowest BCUT2D eigenvalue weighted by Gasteiger charge is -2.42. The molecular weight excluding hydrogens is 589 g/mol. The third-order valence-corrected chi connectivity index (χ3v) is 10.7. The van der Waals surface area contributed by atoms with Crippen molar-refractivity contribution in [1.82, 2.24) is 14.0 Å². The summed E-state index contributed by atoms with van der Waals surface area (Å²) in [4.78, 5) is 5.73. The smallest absolute Gasteiger partial charge is 0.376 e. The van der Waals surface area contributed by atoms with Crippen molar-refractivity contribution in [2.75, 3.05) is 31.1 Å². The first-order chi connectivity index (χ1) is 18.6. The lowest BCUT2D eigenvalue weighted by atomic mass is 9.95. The Kier molecular flexibility index (Phi) is 8.55. The highest BCUT2D eigenvalue weighted by Gasteiger charge is 2.51. The number of hydrogen-bond donors (Lipinski definition) is 2. The van der Waals surface area contributed by atoms with Crippen LogP contribution in [-0.2, 0) is 25.6 Å². The molecule has 216 valence electrons. The fraction of sp³-hybridized carbons (Fsp3) is 0.360. The Morgan fingerprint density at radius 3 is 2.42 bits per heavy atom. The summed E-state index contributed by atoms with van der Waals surface area (Å²) in [7, 11) is -7.99. The van der Waals surface area contributed by atoms with Crippen LogP contribution in [0.5, 0.6) is 0 Å². The molecule has 2 N–H and O–H groups in total. The molecule has 0 spiro atoms. The molecule has 2 aromatic rings. The first-order valence-corrected chi connectivity index (χ1v) is 15.4. The number of piperazine rings is 1. The highest BCUT2D eigenvalue weighted by Crippen LogP contribution is 2.39. The molecule has 1 aliphatic heterocycles. The van der Waals surface area contributed by atoms with Gasteiger partial charge in [0.05, 0.1) is 10.9 Å². The number of aliphatic hydroxyl groups is 1. The quantitative estimate of drug-likeness (QED) is 0.435. The molecule has 4 rings (SSSR count). The van der Waals surface area contributed by atoms with Crippen LogP contribution in [0, 0.1) is 0 Å². The van der Waals surface area contributed by atoms with Gasteiger partial charge in [0.25, 0.3) is 0 Å². The maximum absolute atomic E-state index is 13.4. The van der Waals surface area contributed by atoms with E-state index >= 15 is 0 Å². The van der Waals surface area contributed by atoms with Crippen LogP contribution >= 0.6 is 12.2 Å². The number of sulfonamides is 2. The van der Waals surface area contributed by atoms with E-state index in [1.165, 1.54) is 47.0 Å². The zero-order valence-electron chi connectivity index (χ0n) is 21.2. The molecule has 0 amide bonds. The second kappa shape index (κ2) is 11.3. The van der Waals surface area contributed by atoms with Crippen LogP contribution < -0.4 is 9.62 Å². The van der Waals surface area contributed by atoms with Gasteiger partial charge in [0.1, 0.15) is 4.90 Å². The van der Waals surface area contributed by atoms with Crippen molar-refractivity contribution in [2.24, 2.45) is 0 Å². The molecular formula is C25H27F3N4O5S3. The van der Waals surface area contributed by atoms with E-state index < -0.39 is 37.9 Å². The van der Waals surface area contributed by atoms with E-state index in [9.17, 15) is 35.1 Å². The zero-order valence-corrected chi connectivity index (χ0v) is 23.7. The molecule has 0 radical (unpaired) electrons. The number of alkyl halides is 3. The van der Waals surface area contributed by atoms with E-state index in [0.29, 0.717) is 19.0 Å². The van der Waals surface area contributed by atoms with Crippen molar-refractivity contribution in [3.8, 4) is 0 Å². The van der Waals surface area contributed by atoms with Gasteiger partial charge in [-0.05, 0) is 42.8 Å². The van der Waals surface area contributed by atoms with Gasteiger partial charge in [-0.15, -0.1) is 0 Å². The molecule has 2 aliphatic rings. The van der Waals surface area contributed by atoms with Gasteiger partial charge in [0.15, 0.2) is 5.60 Å². The molecule has 1 fully saturated rings. The number of nitrogens with zero attached hydrogens (tertiary/aromatic N) is 3. The lowest BCUT2D eigenvalue weighted by molar-refractivity contribution is -0.258. The van der Waals surface area contributed by atoms with Crippen molar-refractivity contribution in [3.05, 3.63) is 77.5 Å². The Morgan fingerprint density at radius 1 is 1.12 bits per heavy atom. The van der Waals surface area contributed by atoms with Crippen LogP contribution in [0.1, 0.15) is 18.9 Å². The van der Waals surface area contributed by atoms with Crippen LogP contribution in [0.25, 0.3) is 0 Å². The van der Waals surface area contributed by atoms with Crippen molar-refractivity contribution in [2.45, 2.75) is 36.1 Å². The maximum Gasteiger partial charge on any atom is 0.421 e. The van der Waals surface area contributed by atoms with Crippen molar-refractivity contribution in [1.29, 1.82) is 0 Å². The number of thiocarbonyl (C=S) groups is 1. The second-order valence-corrected chi connectivity index (χ2v) is 13.6. The standard InChI is InChI=1S/C25H27F3N4O5S3/c1-24(33,25(26,27)28)18-8-10-19(11-9-18)32-14-13-31(40(36,37)23-7-3-2-6-22(23)38)17-20(32)15-30-39(34,35)21-5-4-12-29-16-21/h2-5,7-12,16,20,30,33H,6,13-15,17H2,1H3/t20-,24?/m0/s1. The molecule has 1 aromatic carbocycles. The summed E-state index contributed by atoms with van der Waals surface area (Å²) in [5.74, 6) is 0. The minimum absolute atomic E-state index is 0.00637. The topological polar surface area (TPSA) is 120 Å². The number of aromatic nitrogens is 1. The minimum Gasteiger partial charge on any atom is -0.376 e. The van der Waals surface area contributed by atoms with E-state index in [4.69, 9.17) is 12.2 Å².